The van der Waals surface area contributed by atoms with Crippen LogP contribution in [-0.4, -0.2) is 42.4 Å². The zero-order valence-electron chi connectivity index (χ0n) is 16.9. The molecule has 0 amide bonds. The second kappa shape index (κ2) is 8.70. The van der Waals surface area contributed by atoms with E-state index in [-0.39, 0.29) is 0 Å². The number of piperidine rings is 1. The molecule has 1 unspecified atom stereocenters. The number of aliphatic hydroxyl groups is 2. The van der Waals surface area contributed by atoms with Crippen LogP contribution in [0.25, 0.3) is 0 Å². The van der Waals surface area contributed by atoms with Gasteiger partial charge in [-0.2, -0.15) is 0 Å². The van der Waals surface area contributed by atoms with Gasteiger partial charge in [0.25, 0.3) is 0 Å². The molecule has 2 radical (unpaired) electrons. The first-order chi connectivity index (χ1) is 11.6. The predicted molar refractivity (Wildman–Crippen MR) is 108 cm³/mol. The minimum Gasteiger partial charge on any atom is -0.387 e. The molecule has 25 heavy (non-hydrogen) atoms. The Balaban J connectivity index is 0.000000269. The summed E-state index contributed by atoms with van der Waals surface area (Å²) in [6.45, 7) is 12.7. The molecule has 2 fully saturated rings. The van der Waals surface area contributed by atoms with Gasteiger partial charge in [0, 0.05) is 0 Å². The van der Waals surface area contributed by atoms with Gasteiger partial charge >= 0.3 is 0 Å². The van der Waals surface area contributed by atoms with Crippen LogP contribution in [0.1, 0.15) is 72.3 Å². The van der Waals surface area contributed by atoms with Gasteiger partial charge in [-0.3, -0.25) is 0 Å². The van der Waals surface area contributed by atoms with E-state index in [0.717, 1.165) is 11.4 Å². The molecule has 1 saturated carbocycles. The maximum atomic E-state index is 9.10. The Morgan fingerprint density at radius 3 is 1.80 bits per heavy atom. The van der Waals surface area contributed by atoms with Crippen LogP contribution in [0.15, 0.2) is 24.3 Å². The van der Waals surface area contributed by atoms with E-state index in [4.69, 9.17) is 18.1 Å². The number of benzene rings is 1. The standard InChI is InChI=1S/C13H16BN.C6H14O2.C2H6/c14-11-3-1-10(2-4-11)12-9-13(12)5-7-15-8-6-13;1-5(2,7)6(3,4)8;1-2/h1-4,12,15H,5-9H2;7-8H,1-4H3;1-2H3. The third-order valence-corrected chi connectivity index (χ3v) is 5.63. The number of rotatable bonds is 2. The SMILES string of the molecule is CC.CC(C)(O)C(C)(C)O.[B]c1ccc(C2CC23CCNCC3)cc1. The van der Waals surface area contributed by atoms with Crippen molar-refractivity contribution >= 4 is 13.3 Å². The third kappa shape index (κ3) is 6.12. The predicted octanol–water partition coefficient (Wildman–Crippen LogP) is 2.89. The van der Waals surface area contributed by atoms with Crippen molar-refractivity contribution in [2.75, 3.05) is 13.1 Å². The third-order valence-electron chi connectivity index (χ3n) is 5.63. The van der Waals surface area contributed by atoms with Crippen molar-refractivity contribution < 1.29 is 10.2 Å². The average Bonchev–Trinajstić information content (AvgIpc) is 3.22. The van der Waals surface area contributed by atoms with Crippen LogP contribution < -0.4 is 10.8 Å². The highest BCUT2D eigenvalue weighted by molar-refractivity contribution is 6.32. The summed E-state index contributed by atoms with van der Waals surface area (Å²) >= 11 is 0. The summed E-state index contributed by atoms with van der Waals surface area (Å²) in [7, 11) is 5.71. The van der Waals surface area contributed by atoms with Crippen molar-refractivity contribution in [2.45, 2.75) is 77.9 Å². The number of hydrogen-bond donors (Lipinski definition) is 3. The molecule has 2 aliphatic rings. The molecule has 1 aliphatic carbocycles. The van der Waals surface area contributed by atoms with Gasteiger partial charge < -0.3 is 15.5 Å². The van der Waals surface area contributed by atoms with Gasteiger partial charge in [0.2, 0.25) is 0 Å². The van der Waals surface area contributed by atoms with Gasteiger partial charge in [0.05, 0.1) is 11.2 Å². The first-order valence-electron chi connectivity index (χ1n) is 9.56. The van der Waals surface area contributed by atoms with E-state index < -0.39 is 11.2 Å². The van der Waals surface area contributed by atoms with E-state index >= 15 is 0 Å². The summed E-state index contributed by atoms with van der Waals surface area (Å²) in [6.07, 6.45) is 4.09. The van der Waals surface area contributed by atoms with Gasteiger partial charge in [-0.05, 0) is 76.9 Å². The van der Waals surface area contributed by atoms with Gasteiger partial charge in [-0.1, -0.05) is 43.6 Å². The summed E-state index contributed by atoms with van der Waals surface area (Å²) in [5, 5.41) is 21.6. The summed E-state index contributed by atoms with van der Waals surface area (Å²) in [6, 6.07) is 8.47. The van der Waals surface area contributed by atoms with Crippen LogP contribution in [0, 0.1) is 5.41 Å². The molecule has 0 bridgehead atoms. The van der Waals surface area contributed by atoms with E-state index in [1.807, 2.05) is 26.0 Å². The second-order valence-electron chi connectivity index (χ2n) is 8.15. The lowest BCUT2D eigenvalue weighted by atomic mass is 9.88. The quantitative estimate of drug-likeness (QED) is 0.723. The molecule has 140 valence electrons. The molecule has 3 N–H and O–H groups in total. The van der Waals surface area contributed by atoms with Crippen LogP contribution in [0.5, 0.6) is 0 Å². The van der Waals surface area contributed by atoms with Gasteiger partial charge in [0.1, 0.15) is 7.85 Å². The summed E-state index contributed by atoms with van der Waals surface area (Å²) in [5.74, 6) is 0.806. The molecule has 1 aromatic rings. The van der Waals surface area contributed by atoms with E-state index in [1.54, 1.807) is 27.7 Å². The van der Waals surface area contributed by atoms with Crippen molar-refractivity contribution in [1.29, 1.82) is 0 Å². The van der Waals surface area contributed by atoms with E-state index in [0.29, 0.717) is 5.41 Å². The summed E-state index contributed by atoms with van der Waals surface area (Å²) in [5.41, 5.74) is 0.992. The Kier molecular flexibility index (Phi) is 7.73. The van der Waals surface area contributed by atoms with Crippen LogP contribution in [-0.2, 0) is 0 Å². The smallest absolute Gasteiger partial charge is 0.113 e. The molecule has 1 spiro atoms. The molecule has 0 aromatic heterocycles. The molecule has 3 nitrogen and oxygen atoms in total. The largest absolute Gasteiger partial charge is 0.387 e. The Morgan fingerprint density at radius 2 is 1.40 bits per heavy atom. The van der Waals surface area contributed by atoms with E-state index in [9.17, 15) is 0 Å². The highest BCUT2D eigenvalue weighted by atomic mass is 16.3. The zero-order valence-corrected chi connectivity index (χ0v) is 16.9. The molecule has 1 atom stereocenters. The highest BCUT2D eigenvalue weighted by Gasteiger charge is 2.54. The van der Waals surface area contributed by atoms with Crippen LogP contribution >= 0.6 is 0 Å². The lowest BCUT2D eigenvalue weighted by molar-refractivity contribution is -0.107. The first-order valence-corrected chi connectivity index (χ1v) is 9.56. The Morgan fingerprint density at radius 1 is 0.960 bits per heavy atom. The monoisotopic (exact) mass is 345 g/mol. The Bertz CT molecular complexity index is 496. The first kappa shape index (κ1) is 22.2. The maximum absolute atomic E-state index is 9.10. The number of nitrogens with one attached hydrogen (secondary N) is 1. The van der Waals surface area contributed by atoms with Gasteiger partial charge in [-0.25, -0.2) is 0 Å². The highest BCUT2D eigenvalue weighted by Crippen LogP contribution is 2.64. The van der Waals surface area contributed by atoms with Gasteiger partial charge in [-0.15, -0.1) is 0 Å². The molecule has 3 rings (SSSR count). The second-order valence-corrected chi connectivity index (χ2v) is 8.15. The fourth-order valence-corrected chi connectivity index (χ4v) is 3.02. The fourth-order valence-electron chi connectivity index (χ4n) is 3.02. The molecule has 4 heteroatoms. The summed E-state index contributed by atoms with van der Waals surface area (Å²) in [4.78, 5) is 0. The normalized spacial score (nSPS) is 21.5. The van der Waals surface area contributed by atoms with Crippen molar-refractivity contribution in [1.82, 2.24) is 5.32 Å². The molecule has 1 aromatic carbocycles. The lowest BCUT2D eigenvalue weighted by Crippen LogP contribution is -2.44. The van der Waals surface area contributed by atoms with E-state index in [1.165, 1.54) is 37.9 Å². The molecule has 1 saturated heterocycles. The molecule has 1 aliphatic heterocycles. The summed E-state index contributed by atoms with van der Waals surface area (Å²) < 4.78 is 0. The zero-order chi connectivity index (χ0) is 19.3. The molecule has 1 heterocycles. The minimum atomic E-state index is -1.01. The van der Waals surface area contributed by atoms with Gasteiger partial charge in [0.15, 0.2) is 0 Å². The Hall–Kier alpha value is -0.835. The van der Waals surface area contributed by atoms with Crippen molar-refractivity contribution in [2.24, 2.45) is 5.41 Å². The topological polar surface area (TPSA) is 52.5 Å². The Labute approximate surface area is 155 Å². The van der Waals surface area contributed by atoms with E-state index in [2.05, 4.69) is 17.4 Å². The fraction of sp³-hybridized carbons (Fsp3) is 0.714. The van der Waals surface area contributed by atoms with Crippen LogP contribution in [0.2, 0.25) is 0 Å². The minimum absolute atomic E-state index is 0.640. The lowest BCUT2D eigenvalue weighted by Gasteiger charge is -2.31. The molecular formula is C21H36BNO2. The molecular weight excluding hydrogens is 309 g/mol. The number of hydrogen-bond acceptors (Lipinski definition) is 3. The van der Waals surface area contributed by atoms with Crippen molar-refractivity contribution in [3.05, 3.63) is 29.8 Å². The average molecular weight is 345 g/mol. The van der Waals surface area contributed by atoms with Crippen molar-refractivity contribution in [3.8, 4) is 0 Å². The van der Waals surface area contributed by atoms with Crippen molar-refractivity contribution in [3.63, 3.8) is 0 Å². The maximum Gasteiger partial charge on any atom is 0.113 e. The van der Waals surface area contributed by atoms with Crippen LogP contribution in [0.4, 0.5) is 0 Å². The van der Waals surface area contributed by atoms with Crippen LogP contribution in [0.3, 0.4) is 0 Å².